The predicted octanol–water partition coefficient (Wildman–Crippen LogP) is 2.99. The van der Waals surface area contributed by atoms with Crippen molar-refractivity contribution >= 4 is 29.4 Å². The second-order valence-corrected chi connectivity index (χ2v) is 8.77. The topological polar surface area (TPSA) is 75.2 Å². The van der Waals surface area contributed by atoms with Crippen LogP contribution in [0.5, 0.6) is 0 Å². The Hall–Kier alpha value is -2.67. The Kier molecular flexibility index (Phi) is 4.83. The highest BCUT2D eigenvalue weighted by atomic mass is 32.2. The molecule has 1 aliphatic heterocycles. The molecule has 2 aliphatic carbocycles. The van der Waals surface area contributed by atoms with Gasteiger partial charge in [0.2, 0.25) is 11.8 Å². The summed E-state index contributed by atoms with van der Waals surface area (Å²) in [4.78, 5) is 35.7. The van der Waals surface area contributed by atoms with Crippen molar-refractivity contribution in [3.8, 4) is 0 Å². The van der Waals surface area contributed by atoms with E-state index in [0.717, 1.165) is 17.2 Å². The number of allylic oxidation sites excluding steroid dienone is 2. The molecule has 2 fully saturated rings. The third-order valence-electron chi connectivity index (χ3n) is 6.05. The minimum Gasteiger partial charge on any atom is -0.367 e. The minimum atomic E-state index is -0.130. The van der Waals surface area contributed by atoms with Gasteiger partial charge in [-0.05, 0) is 23.8 Å². The van der Waals surface area contributed by atoms with Crippen LogP contribution in [0.25, 0.3) is 0 Å². The van der Waals surface area contributed by atoms with Crippen LogP contribution in [0.4, 0.5) is 5.82 Å². The maximum absolute atomic E-state index is 12.7. The average molecular weight is 407 g/mol. The van der Waals surface area contributed by atoms with Crippen LogP contribution in [0.3, 0.4) is 0 Å². The third-order valence-corrected chi connectivity index (χ3v) is 7.02. The average Bonchev–Trinajstić information content (AvgIpc) is 3.43. The Labute approximate surface area is 173 Å². The van der Waals surface area contributed by atoms with E-state index in [-0.39, 0.29) is 35.5 Å². The zero-order chi connectivity index (χ0) is 19.8. The van der Waals surface area contributed by atoms with E-state index in [0.29, 0.717) is 18.9 Å². The molecule has 1 saturated heterocycles. The first-order valence-electron chi connectivity index (χ1n) is 9.97. The van der Waals surface area contributed by atoms with Gasteiger partial charge in [-0.1, -0.05) is 42.5 Å². The Bertz CT molecular complexity index is 934. The van der Waals surface area contributed by atoms with Crippen molar-refractivity contribution in [3.63, 3.8) is 0 Å². The number of hydrogen-bond donors (Lipinski definition) is 1. The van der Waals surface area contributed by atoms with Crippen molar-refractivity contribution in [2.75, 3.05) is 18.4 Å². The molecule has 1 N–H and O–H groups in total. The maximum Gasteiger partial charge on any atom is 0.233 e. The van der Waals surface area contributed by atoms with Crippen LogP contribution in [0.1, 0.15) is 12.0 Å². The van der Waals surface area contributed by atoms with Crippen molar-refractivity contribution in [3.05, 3.63) is 60.4 Å². The van der Waals surface area contributed by atoms with Gasteiger partial charge < -0.3 is 5.32 Å². The number of aromatic nitrogens is 2. The van der Waals surface area contributed by atoms with E-state index in [1.807, 2.05) is 18.2 Å². The first-order valence-corrected chi connectivity index (χ1v) is 11.0. The lowest BCUT2D eigenvalue weighted by Crippen LogP contribution is -2.36. The second-order valence-electron chi connectivity index (χ2n) is 7.77. The Morgan fingerprint density at radius 3 is 2.48 bits per heavy atom. The second kappa shape index (κ2) is 7.63. The van der Waals surface area contributed by atoms with Crippen LogP contribution < -0.4 is 5.32 Å². The Balaban J connectivity index is 1.15. The summed E-state index contributed by atoms with van der Waals surface area (Å²) in [6, 6.07) is 10.2. The normalized spacial score (nSPS) is 27.0. The number of nitrogens with one attached hydrogen (secondary N) is 1. The van der Waals surface area contributed by atoms with Crippen molar-refractivity contribution < 1.29 is 9.59 Å². The van der Waals surface area contributed by atoms with Crippen LogP contribution in [0, 0.1) is 23.7 Å². The molecule has 0 spiro atoms. The summed E-state index contributed by atoms with van der Waals surface area (Å²) in [5.74, 6) is 1.73. The summed E-state index contributed by atoms with van der Waals surface area (Å²) in [5, 5.41) is 4.04. The molecule has 29 heavy (non-hydrogen) atoms. The van der Waals surface area contributed by atoms with E-state index < -0.39 is 0 Å². The third kappa shape index (κ3) is 3.44. The Morgan fingerprint density at radius 1 is 1.03 bits per heavy atom. The van der Waals surface area contributed by atoms with Crippen molar-refractivity contribution in [1.29, 1.82) is 0 Å². The first-order chi connectivity index (χ1) is 14.2. The number of amides is 2. The molecule has 2 bridgehead atoms. The largest absolute Gasteiger partial charge is 0.367 e. The summed E-state index contributed by atoms with van der Waals surface area (Å²) in [7, 11) is 0. The van der Waals surface area contributed by atoms with Gasteiger partial charge in [-0.15, -0.1) is 11.8 Å². The van der Waals surface area contributed by atoms with E-state index >= 15 is 0 Å². The lowest BCUT2D eigenvalue weighted by Gasteiger charge is -2.17. The summed E-state index contributed by atoms with van der Waals surface area (Å²) in [6.07, 6.45) is 8.61. The van der Waals surface area contributed by atoms with Gasteiger partial charge in [-0.3, -0.25) is 19.5 Å². The molecule has 1 aromatic carbocycles. The highest BCUT2D eigenvalue weighted by Gasteiger charge is 2.58. The van der Waals surface area contributed by atoms with Crippen molar-refractivity contribution in [2.45, 2.75) is 17.2 Å². The van der Waals surface area contributed by atoms with E-state index in [1.165, 1.54) is 10.5 Å². The molecule has 2 amide bonds. The highest BCUT2D eigenvalue weighted by molar-refractivity contribution is 7.98. The number of rotatable bonds is 7. The van der Waals surface area contributed by atoms with Crippen LogP contribution in [-0.2, 0) is 15.3 Å². The fourth-order valence-corrected chi connectivity index (χ4v) is 5.52. The lowest BCUT2D eigenvalue weighted by atomic mass is 9.85. The number of nitrogens with zero attached hydrogens (tertiary/aromatic N) is 3. The molecule has 1 aromatic heterocycles. The monoisotopic (exact) mass is 406 g/mol. The zero-order valence-electron chi connectivity index (χ0n) is 15.9. The fraction of sp³-hybridized carbons (Fsp3) is 0.364. The molecule has 0 radical (unpaired) electrons. The molecule has 2 aromatic rings. The summed E-state index contributed by atoms with van der Waals surface area (Å²) < 4.78 is 0. The van der Waals surface area contributed by atoms with Gasteiger partial charge in [0.05, 0.1) is 24.2 Å². The molecule has 7 heteroatoms. The number of carbonyl (C=O) groups excluding carboxylic acids is 2. The van der Waals surface area contributed by atoms with Gasteiger partial charge in [-0.2, -0.15) is 0 Å². The van der Waals surface area contributed by atoms with E-state index in [1.54, 1.807) is 24.2 Å². The molecule has 5 rings (SSSR count). The standard InChI is InChI=1S/C22H22N4O2S/c27-21-19-15-6-7-16(10-15)20(19)22(28)26(21)9-8-24-17-11-23-12-18(25-17)29-13-14-4-2-1-3-5-14/h1-7,11-12,15-16,19-20H,8-10,13H2,(H,24,25). The highest BCUT2D eigenvalue weighted by Crippen LogP contribution is 2.52. The van der Waals surface area contributed by atoms with Gasteiger partial charge in [0, 0.05) is 18.8 Å². The van der Waals surface area contributed by atoms with E-state index in [2.05, 4.69) is 39.6 Å². The van der Waals surface area contributed by atoms with E-state index in [4.69, 9.17) is 0 Å². The van der Waals surface area contributed by atoms with Crippen LogP contribution in [0.2, 0.25) is 0 Å². The molecule has 2 heterocycles. The number of imide groups is 1. The number of benzene rings is 1. The predicted molar refractivity (Wildman–Crippen MR) is 111 cm³/mol. The van der Waals surface area contributed by atoms with Gasteiger partial charge in [0.25, 0.3) is 0 Å². The summed E-state index contributed by atoms with van der Waals surface area (Å²) >= 11 is 1.63. The molecule has 3 aliphatic rings. The zero-order valence-corrected chi connectivity index (χ0v) is 16.7. The van der Waals surface area contributed by atoms with Crippen molar-refractivity contribution in [2.24, 2.45) is 23.7 Å². The number of likely N-dealkylation sites (tertiary alicyclic amines) is 1. The summed E-state index contributed by atoms with van der Waals surface area (Å²) in [5.41, 5.74) is 1.23. The van der Waals surface area contributed by atoms with Crippen LogP contribution in [0.15, 0.2) is 59.9 Å². The van der Waals surface area contributed by atoms with Gasteiger partial charge >= 0.3 is 0 Å². The SMILES string of the molecule is O=C1C2C3C=CC(C3)C2C(=O)N1CCNc1cncc(SCc2ccccc2)n1. The van der Waals surface area contributed by atoms with E-state index in [9.17, 15) is 9.59 Å². The fourth-order valence-electron chi connectivity index (χ4n) is 4.71. The Morgan fingerprint density at radius 2 is 1.76 bits per heavy atom. The molecule has 4 atom stereocenters. The first kappa shape index (κ1) is 18.4. The molecular formula is C22H22N4O2S. The number of thioether (sulfide) groups is 1. The maximum atomic E-state index is 12.7. The molecular weight excluding hydrogens is 384 g/mol. The quantitative estimate of drug-likeness (QED) is 0.433. The number of carbonyl (C=O) groups is 2. The number of hydrogen-bond acceptors (Lipinski definition) is 6. The smallest absolute Gasteiger partial charge is 0.233 e. The molecule has 6 nitrogen and oxygen atoms in total. The van der Waals surface area contributed by atoms with Crippen LogP contribution >= 0.6 is 11.8 Å². The van der Waals surface area contributed by atoms with Gasteiger partial charge in [-0.25, -0.2) is 4.98 Å². The molecule has 148 valence electrons. The molecule has 1 saturated carbocycles. The number of anilines is 1. The van der Waals surface area contributed by atoms with Crippen LogP contribution in [-0.4, -0.2) is 39.8 Å². The minimum absolute atomic E-state index is 0.00287. The molecule has 4 unspecified atom stereocenters. The lowest BCUT2D eigenvalue weighted by molar-refractivity contribution is -0.140. The summed E-state index contributed by atoms with van der Waals surface area (Å²) in [6.45, 7) is 0.842. The van der Waals surface area contributed by atoms with Gasteiger partial charge in [0.15, 0.2) is 0 Å². The van der Waals surface area contributed by atoms with Gasteiger partial charge in [0.1, 0.15) is 10.8 Å². The van der Waals surface area contributed by atoms with Crippen molar-refractivity contribution in [1.82, 2.24) is 14.9 Å². The number of fused-ring (bicyclic) bond motifs is 5.